The van der Waals surface area contributed by atoms with E-state index in [1.54, 1.807) is 7.11 Å². The first kappa shape index (κ1) is 24.7. The fourth-order valence-corrected chi connectivity index (χ4v) is 4.59. The molecule has 2 aromatic carbocycles. The molecule has 1 saturated heterocycles. The van der Waals surface area contributed by atoms with E-state index < -0.39 is 0 Å². The molecule has 4 rings (SSSR count). The highest BCUT2D eigenvalue weighted by Crippen LogP contribution is 2.27. The SMILES string of the molecule is COc1cccc(Cc2c(C)nc(C)nc2N2CCN(C(=O)c3ccc(C(C)(C)C)cc3)CC2)c1. The summed E-state index contributed by atoms with van der Waals surface area (Å²) in [6, 6.07) is 16.2. The summed E-state index contributed by atoms with van der Waals surface area (Å²) in [6.07, 6.45) is 0.734. The summed E-state index contributed by atoms with van der Waals surface area (Å²) in [5, 5.41) is 0. The third-order valence-electron chi connectivity index (χ3n) is 6.68. The second kappa shape index (κ2) is 10.1. The van der Waals surface area contributed by atoms with Crippen LogP contribution in [0.5, 0.6) is 5.75 Å². The molecule has 35 heavy (non-hydrogen) atoms. The van der Waals surface area contributed by atoms with Gasteiger partial charge in [0.2, 0.25) is 0 Å². The van der Waals surface area contributed by atoms with E-state index >= 15 is 0 Å². The minimum atomic E-state index is 0.0730. The molecule has 0 aliphatic carbocycles. The van der Waals surface area contributed by atoms with Gasteiger partial charge < -0.3 is 14.5 Å². The van der Waals surface area contributed by atoms with Gasteiger partial charge >= 0.3 is 0 Å². The number of nitrogens with zero attached hydrogens (tertiary/aromatic N) is 4. The second-order valence-electron chi connectivity index (χ2n) is 10.3. The van der Waals surface area contributed by atoms with Crippen molar-refractivity contribution >= 4 is 11.7 Å². The number of rotatable bonds is 5. The van der Waals surface area contributed by atoms with Gasteiger partial charge in [-0.25, -0.2) is 9.97 Å². The van der Waals surface area contributed by atoms with Crippen molar-refractivity contribution in [3.8, 4) is 5.75 Å². The number of piperazine rings is 1. The van der Waals surface area contributed by atoms with E-state index in [1.807, 2.05) is 36.1 Å². The first-order valence-electron chi connectivity index (χ1n) is 12.3. The number of hydrogen-bond acceptors (Lipinski definition) is 5. The van der Waals surface area contributed by atoms with Crippen LogP contribution in [0.3, 0.4) is 0 Å². The van der Waals surface area contributed by atoms with Crippen molar-refractivity contribution in [3.63, 3.8) is 0 Å². The van der Waals surface area contributed by atoms with Crippen LogP contribution < -0.4 is 9.64 Å². The van der Waals surface area contributed by atoms with E-state index in [2.05, 4.69) is 61.8 Å². The van der Waals surface area contributed by atoms with Crippen molar-refractivity contribution in [1.29, 1.82) is 0 Å². The molecule has 0 bridgehead atoms. The lowest BCUT2D eigenvalue weighted by molar-refractivity contribution is 0.0746. The van der Waals surface area contributed by atoms with Crippen LogP contribution in [0.25, 0.3) is 0 Å². The number of aryl methyl sites for hydroxylation is 2. The number of carbonyl (C=O) groups excluding carboxylic acids is 1. The van der Waals surface area contributed by atoms with Gasteiger partial charge in [-0.05, 0) is 54.7 Å². The average Bonchev–Trinajstić information content (AvgIpc) is 2.85. The quantitative estimate of drug-likeness (QED) is 0.526. The maximum Gasteiger partial charge on any atom is 0.253 e. The lowest BCUT2D eigenvalue weighted by Gasteiger charge is -2.36. The molecule has 6 heteroatoms. The minimum Gasteiger partial charge on any atom is -0.497 e. The summed E-state index contributed by atoms with van der Waals surface area (Å²) in [5.41, 5.74) is 5.34. The van der Waals surface area contributed by atoms with Crippen molar-refractivity contribution < 1.29 is 9.53 Å². The topological polar surface area (TPSA) is 58.6 Å². The van der Waals surface area contributed by atoms with Crippen LogP contribution in [0.1, 0.15) is 59.3 Å². The number of anilines is 1. The van der Waals surface area contributed by atoms with Crippen molar-refractivity contribution in [3.05, 3.63) is 82.3 Å². The Morgan fingerprint density at radius 3 is 2.29 bits per heavy atom. The van der Waals surface area contributed by atoms with Crippen molar-refractivity contribution in [2.45, 2.75) is 46.5 Å². The molecule has 184 valence electrons. The monoisotopic (exact) mass is 472 g/mol. The van der Waals surface area contributed by atoms with Crippen LogP contribution in [-0.4, -0.2) is 54.1 Å². The highest BCUT2D eigenvalue weighted by atomic mass is 16.5. The molecule has 1 aliphatic heterocycles. The number of amides is 1. The fourth-order valence-electron chi connectivity index (χ4n) is 4.59. The Hall–Kier alpha value is -3.41. The Bertz CT molecular complexity index is 1190. The van der Waals surface area contributed by atoms with Gasteiger partial charge in [0.25, 0.3) is 5.91 Å². The van der Waals surface area contributed by atoms with Crippen LogP contribution in [0.2, 0.25) is 0 Å². The van der Waals surface area contributed by atoms with Crippen LogP contribution >= 0.6 is 0 Å². The molecule has 0 unspecified atom stereocenters. The number of aromatic nitrogens is 2. The lowest BCUT2D eigenvalue weighted by Crippen LogP contribution is -2.49. The molecule has 3 aromatic rings. The van der Waals surface area contributed by atoms with Gasteiger partial charge in [-0.15, -0.1) is 0 Å². The summed E-state index contributed by atoms with van der Waals surface area (Å²) in [6.45, 7) is 13.4. The number of carbonyl (C=O) groups is 1. The van der Waals surface area contributed by atoms with Gasteiger partial charge in [-0.3, -0.25) is 4.79 Å². The van der Waals surface area contributed by atoms with Gasteiger partial charge in [0.05, 0.1) is 7.11 Å². The standard InChI is InChI=1S/C29H36N4O2/c1-20-26(19-22-8-7-9-25(18-22)35-6)27(31-21(2)30-20)32-14-16-33(17-15-32)28(34)23-10-12-24(13-11-23)29(3,4)5/h7-13,18H,14-17,19H2,1-6H3. The number of benzene rings is 2. The van der Waals surface area contributed by atoms with Crippen LogP contribution in [0.15, 0.2) is 48.5 Å². The Morgan fingerprint density at radius 1 is 0.971 bits per heavy atom. The smallest absolute Gasteiger partial charge is 0.253 e. The Morgan fingerprint density at radius 2 is 1.66 bits per heavy atom. The molecule has 0 saturated carbocycles. The lowest BCUT2D eigenvalue weighted by atomic mass is 9.86. The van der Waals surface area contributed by atoms with E-state index in [-0.39, 0.29) is 11.3 Å². The maximum atomic E-state index is 13.2. The number of methoxy groups -OCH3 is 1. The number of hydrogen-bond donors (Lipinski definition) is 0. The van der Waals surface area contributed by atoms with E-state index in [0.29, 0.717) is 13.1 Å². The first-order valence-corrected chi connectivity index (χ1v) is 12.3. The van der Waals surface area contributed by atoms with Crippen LogP contribution in [0, 0.1) is 13.8 Å². The zero-order valence-electron chi connectivity index (χ0n) is 21.8. The number of ether oxygens (including phenoxy) is 1. The molecule has 0 spiro atoms. The zero-order valence-corrected chi connectivity index (χ0v) is 21.8. The summed E-state index contributed by atoms with van der Waals surface area (Å²) >= 11 is 0. The third kappa shape index (κ3) is 5.64. The normalized spacial score (nSPS) is 14.2. The van der Waals surface area contributed by atoms with Gasteiger partial charge in [0.1, 0.15) is 17.4 Å². The minimum absolute atomic E-state index is 0.0730. The summed E-state index contributed by atoms with van der Waals surface area (Å²) < 4.78 is 5.40. The molecule has 0 N–H and O–H groups in total. The van der Waals surface area contributed by atoms with E-state index in [0.717, 1.165) is 59.3 Å². The average molecular weight is 473 g/mol. The molecule has 1 aromatic heterocycles. The highest BCUT2D eigenvalue weighted by Gasteiger charge is 2.26. The Kier molecular flexibility index (Phi) is 7.10. The van der Waals surface area contributed by atoms with Gasteiger partial charge in [0, 0.05) is 49.4 Å². The third-order valence-corrected chi connectivity index (χ3v) is 6.68. The predicted molar refractivity (Wildman–Crippen MR) is 141 cm³/mol. The van der Waals surface area contributed by atoms with Gasteiger partial charge in [-0.2, -0.15) is 0 Å². The summed E-state index contributed by atoms with van der Waals surface area (Å²) in [7, 11) is 1.69. The van der Waals surface area contributed by atoms with Gasteiger partial charge in [-0.1, -0.05) is 45.0 Å². The van der Waals surface area contributed by atoms with E-state index in [9.17, 15) is 4.79 Å². The maximum absolute atomic E-state index is 13.2. The zero-order chi connectivity index (χ0) is 25.2. The largest absolute Gasteiger partial charge is 0.497 e. The molecule has 6 nitrogen and oxygen atoms in total. The van der Waals surface area contributed by atoms with Crippen LogP contribution in [-0.2, 0) is 11.8 Å². The van der Waals surface area contributed by atoms with Crippen molar-refractivity contribution in [2.24, 2.45) is 0 Å². The molecular formula is C29H36N4O2. The molecular weight excluding hydrogens is 436 g/mol. The Labute approximate surface area is 209 Å². The molecule has 1 fully saturated rings. The fraction of sp³-hybridized carbons (Fsp3) is 0.414. The first-order chi connectivity index (χ1) is 16.7. The van der Waals surface area contributed by atoms with Gasteiger partial charge in [0.15, 0.2) is 0 Å². The molecule has 1 amide bonds. The van der Waals surface area contributed by atoms with E-state index in [1.165, 1.54) is 5.56 Å². The molecule has 2 heterocycles. The highest BCUT2D eigenvalue weighted by molar-refractivity contribution is 5.94. The summed E-state index contributed by atoms with van der Waals surface area (Å²) in [4.78, 5) is 26.9. The van der Waals surface area contributed by atoms with Crippen molar-refractivity contribution in [1.82, 2.24) is 14.9 Å². The summed E-state index contributed by atoms with van der Waals surface area (Å²) in [5.74, 6) is 2.68. The van der Waals surface area contributed by atoms with Crippen LogP contribution in [0.4, 0.5) is 5.82 Å². The second-order valence-corrected chi connectivity index (χ2v) is 10.3. The van der Waals surface area contributed by atoms with E-state index in [4.69, 9.17) is 9.72 Å². The Balaban J connectivity index is 1.49. The predicted octanol–water partition coefficient (Wildman–Crippen LogP) is 4.95. The molecule has 0 radical (unpaired) electrons. The molecule has 0 atom stereocenters. The van der Waals surface area contributed by atoms with Crippen molar-refractivity contribution in [2.75, 3.05) is 38.2 Å². The molecule has 1 aliphatic rings.